The van der Waals surface area contributed by atoms with Crippen LogP contribution in [0.5, 0.6) is 0 Å². The minimum absolute atomic E-state index is 0.114. The van der Waals surface area contributed by atoms with Gasteiger partial charge < -0.3 is 15.8 Å². The number of ether oxygens (including phenoxy) is 1. The Hall–Kier alpha value is -2.55. The number of aryl methyl sites for hydroxylation is 1. The van der Waals surface area contributed by atoms with Crippen LogP contribution < -0.4 is 11.1 Å². The van der Waals surface area contributed by atoms with Gasteiger partial charge in [0.1, 0.15) is 6.54 Å². The van der Waals surface area contributed by atoms with Gasteiger partial charge in [-0.15, -0.1) is 0 Å². The molecule has 94 valence electrons. The zero-order chi connectivity index (χ0) is 13.5. The lowest BCUT2D eigenvalue weighted by Crippen LogP contribution is -2.29. The number of nitrogen functional groups attached to an aromatic ring is 1. The zero-order valence-electron chi connectivity index (χ0n) is 9.90. The maximum Gasteiger partial charge on any atom is 0.338 e. The van der Waals surface area contributed by atoms with E-state index in [2.05, 4.69) is 5.32 Å². The average molecular weight is 247 g/mol. The Morgan fingerprint density at radius 3 is 2.83 bits per heavy atom. The van der Waals surface area contributed by atoms with Crippen molar-refractivity contribution >= 4 is 17.6 Å². The molecule has 0 bridgehead atoms. The number of carbonyl (C=O) groups is 2. The number of nitrogens with zero attached hydrogens (tertiary/aromatic N) is 1. The summed E-state index contributed by atoms with van der Waals surface area (Å²) in [4.78, 5) is 22.7. The Balaban J connectivity index is 2.53. The summed E-state index contributed by atoms with van der Waals surface area (Å²) in [6.45, 7) is 1.24. The van der Waals surface area contributed by atoms with Crippen LogP contribution in [0.3, 0.4) is 0 Å². The molecule has 1 rings (SSSR count). The summed E-state index contributed by atoms with van der Waals surface area (Å²) in [5.74, 6) is -1.12. The number of amides is 1. The Morgan fingerprint density at radius 1 is 1.50 bits per heavy atom. The van der Waals surface area contributed by atoms with E-state index in [1.165, 1.54) is 6.07 Å². The lowest BCUT2D eigenvalue weighted by molar-refractivity contribution is -0.123. The summed E-state index contributed by atoms with van der Waals surface area (Å²) >= 11 is 0. The molecule has 0 aliphatic rings. The van der Waals surface area contributed by atoms with E-state index >= 15 is 0 Å². The summed E-state index contributed by atoms with van der Waals surface area (Å²) in [6.07, 6.45) is 0. The Morgan fingerprint density at radius 2 is 2.22 bits per heavy atom. The number of nitriles is 1. The first-order chi connectivity index (χ1) is 8.54. The highest BCUT2D eigenvalue weighted by Gasteiger charge is 2.10. The molecule has 0 aromatic heterocycles. The van der Waals surface area contributed by atoms with Crippen LogP contribution in [-0.2, 0) is 9.53 Å². The van der Waals surface area contributed by atoms with Crippen LogP contribution in [0, 0.1) is 18.3 Å². The van der Waals surface area contributed by atoms with E-state index < -0.39 is 18.5 Å². The standard InChI is InChI=1S/C12H13N3O3/c1-8-6-9(2-3-10(8)14)12(17)18-7-11(16)15-5-4-13/h2-3,6H,5,7,14H2,1H3,(H,15,16). The van der Waals surface area contributed by atoms with Gasteiger partial charge in [-0.3, -0.25) is 4.79 Å². The molecule has 0 atom stereocenters. The number of benzene rings is 1. The molecule has 1 aromatic rings. The summed E-state index contributed by atoms with van der Waals surface area (Å²) in [6, 6.07) is 6.46. The number of hydrogen-bond acceptors (Lipinski definition) is 5. The molecule has 0 saturated heterocycles. The molecule has 0 unspecified atom stereocenters. The topological polar surface area (TPSA) is 105 Å². The second-order valence-corrected chi connectivity index (χ2v) is 3.58. The molecule has 0 aliphatic heterocycles. The molecule has 6 nitrogen and oxygen atoms in total. The smallest absolute Gasteiger partial charge is 0.338 e. The molecule has 1 aromatic carbocycles. The molecule has 0 spiro atoms. The van der Waals surface area contributed by atoms with Crippen molar-refractivity contribution in [2.75, 3.05) is 18.9 Å². The second-order valence-electron chi connectivity index (χ2n) is 3.58. The van der Waals surface area contributed by atoms with Crippen LogP contribution >= 0.6 is 0 Å². The first-order valence-electron chi connectivity index (χ1n) is 5.21. The molecular weight excluding hydrogens is 234 g/mol. The monoisotopic (exact) mass is 247 g/mol. The average Bonchev–Trinajstić information content (AvgIpc) is 2.36. The third kappa shape index (κ3) is 3.79. The first-order valence-corrected chi connectivity index (χ1v) is 5.21. The number of anilines is 1. The van der Waals surface area contributed by atoms with E-state index in [9.17, 15) is 9.59 Å². The number of nitrogens with one attached hydrogen (secondary N) is 1. The van der Waals surface area contributed by atoms with Crippen LogP contribution in [0.2, 0.25) is 0 Å². The second kappa shape index (κ2) is 6.25. The fourth-order valence-electron chi connectivity index (χ4n) is 1.21. The van der Waals surface area contributed by atoms with E-state index in [1.54, 1.807) is 25.1 Å². The maximum atomic E-state index is 11.6. The van der Waals surface area contributed by atoms with Crippen molar-refractivity contribution in [2.45, 2.75) is 6.92 Å². The van der Waals surface area contributed by atoms with Crippen molar-refractivity contribution in [1.82, 2.24) is 5.32 Å². The first kappa shape index (κ1) is 13.5. The van der Waals surface area contributed by atoms with Crippen molar-refractivity contribution in [1.29, 1.82) is 5.26 Å². The third-order valence-electron chi connectivity index (χ3n) is 2.20. The molecule has 6 heteroatoms. The van der Waals surface area contributed by atoms with Gasteiger partial charge in [0.05, 0.1) is 11.6 Å². The van der Waals surface area contributed by atoms with Gasteiger partial charge in [-0.2, -0.15) is 5.26 Å². The van der Waals surface area contributed by atoms with Crippen molar-refractivity contribution in [3.05, 3.63) is 29.3 Å². The van der Waals surface area contributed by atoms with Gasteiger partial charge >= 0.3 is 5.97 Å². The normalized spacial score (nSPS) is 9.33. The fourth-order valence-corrected chi connectivity index (χ4v) is 1.21. The van der Waals surface area contributed by atoms with Crippen molar-refractivity contribution < 1.29 is 14.3 Å². The lowest BCUT2D eigenvalue weighted by atomic mass is 10.1. The molecule has 1 amide bonds. The highest BCUT2D eigenvalue weighted by atomic mass is 16.5. The lowest BCUT2D eigenvalue weighted by Gasteiger charge is -2.06. The highest BCUT2D eigenvalue weighted by molar-refractivity contribution is 5.92. The number of nitrogens with two attached hydrogens (primary N) is 1. The van der Waals surface area contributed by atoms with Gasteiger partial charge in [0.25, 0.3) is 5.91 Å². The van der Waals surface area contributed by atoms with E-state index in [1.807, 2.05) is 0 Å². The molecule has 0 heterocycles. The zero-order valence-corrected chi connectivity index (χ0v) is 9.90. The van der Waals surface area contributed by atoms with E-state index in [0.717, 1.165) is 5.56 Å². The molecule has 18 heavy (non-hydrogen) atoms. The fraction of sp³-hybridized carbons (Fsp3) is 0.250. The number of carbonyl (C=O) groups excluding carboxylic acids is 2. The molecule has 0 aliphatic carbocycles. The van der Waals surface area contributed by atoms with Gasteiger partial charge in [-0.1, -0.05) is 0 Å². The number of hydrogen-bond donors (Lipinski definition) is 2. The predicted octanol–water partition coefficient (Wildman–Crippen LogP) is 0.374. The molecular formula is C12H13N3O3. The van der Waals surface area contributed by atoms with Crippen molar-refractivity contribution in [3.8, 4) is 6.07 Å². The SMILES string of the molecule is Cc1cc(C(=O)OCC(=O)NCC#N)ccc1N. The molecule has 3 N–H and O–H groups in total. The third-order valence-corrected chi connectivity index (χ3v) is 2.20. The van der Waals surface area contributed by atoms with Gasteiger partial charge in [0.2, 0.25) is 0 Å². The van der Waals surface area contributed by atoms with Crippen LogP contribution in [0.4, 0.5) is 5.69 Å². The van der Waals surface area contributed by atoms with Gasteiger partial charge in [0, 0.05) is 5.69 Å². The maximum absolute atomic E-state index is 11.6. The molecule has 0 saturated carbocycles. The van der Waals surface area contributed by atoms with E-state index in [0.29, 0.717) is 11.3 Å². The summed E-state index contributed by atoms with van der Waals surface area (Å²) < 4.78 is 4.78. The Bertz CT molecular complexity index is 506. The van der Waals surface area contributed by atoms with Crippen molar-refractivity contribution in [2.24, 2.45) is 0 Å². The van der Waals surface area contributed by atoms with Crippen LogP contribution in [0.1, 0.15) is 15.9 Å². The van der Waals surface area contributed by atoms with E-state index in [4.69, 9.17) is 15.7 Å². The minimum Gasteiger partial charge on any atom is -0.452 e. The molecule has 0 radical (unpaired) electrons. The number of esters is 1. The summed E-state index contributed by atoms with van der Waals surface area (Å²) in [5.41, 5.74) is 7.29. The van der Waals surface area contributed by atoms with Crippen molar-refractivity contribution in [3.63, 3.8) is 0 Å². The van der Waals surface area contributed by atoms with Gasteiger partial charge in [-0.05, 0) is 30.7 Å². The van der Waals surface area contributed by atoms with Crippen LogP contribution in [0.15, 0.2) is 18.2 Å². The van der Waals surface area contributed by atoms with Gasteiger partial charge in [0.15, 0.2) is 6.61 Å². The Labute approximate surface area is 104 Å². The van der Waals surface area contributed by atoms with Crippen LogP contribution in [-0.4, -0.2) is 25.0 Å². The quantitative estimate of drug-likeness (QED) is 0.454. The summed E-state index contributed by atoms with van der Waals surface area (Å²) in [7, 11) is 0. The highest BCUT2D eigenvalue weighted by Crippen LogP contribution is 2.13. The predicted molar refractivity (Wildman–Crippen MR) is 64.5 cm³/mol. The van der Waals surface area contributed by atoms with Gasteiger partial charge in [-0.25, -0.2) is 4.79 Å². The van der Waals surface area contributed by atoms with Crippen LogP contribution in [0.25, 0.3) is 0 Å². The van der Waals surface area contributed by atoms with E-state index in [-0.39, 0.29) is 6.54 Å². The largest absolute Gasteiger partial charge is 0.452 e. The summed E-state index contributed by atoms with van der Waals surface area (Å²) in [5, 5.41) is 10.5. The minimum atomic E-state index is -0.606. The molecule has 0 fully saturated rings. The number of rotatable bonds is 4. The Kier molecular flexibility index (Phi) is 4.69.